The van der Waals surface area contributed by atoms with Crippen molar-refractivity contribution < 1.29 is 9.47 Å². The molecule has 50 heavy (non-hydrogen) atoms. The average Bonchev–Trinajstić information content (AvgIpc) is 3.54. The Hall–Kier alpha value is -5.26. The molecule has 0 amide bonds. The highest BCUT2D eigenvalue weighted by Crippen LogP contribution is 2.48. The Balaban J connectivity index is 1.10. The monoisotopic (exact) mass is 663 g/mol. The van der Waals surface area contributed by atoms with E-state index in [0.717, 1.165) is 53.6 Å². The van der Waals surface area contributed by atoms with Crippen LogP contribution in [-0.2, 0) is 5.41 Å². The number of rotatable bonds is 2. The van der Waals surface area contributed by atoms with Crippen molar-refractivity contribution in [3.05, 3.63) is 144 Å². The first-order valence-electron chi connectivity index (χ1n) is 17.8. The topological polar surface area (TPSA) is 21.7 Å². The summed E-state index contributed by atoms with van der Waals surface area (Å²) in [6.45, 7) is 4.81. The van der Waals surface area contributed by atoms with Gasteiger partial charge in [0, 0.05) is 43.8 Å². The molecule has 7 aromatic rings. The van der Waals surface area contributed by atoms with Crippen LogP contribution in [0.1, 0.15) is 50.7 Å². The molecule has 1 aliphatic carbocycles. The van der Waals surface area contributed by atoms with Gasteiger partial charge in [0.2, 0.25) is 0 Å². The van der Waals surface area contributed by atoms with Crippen LogP contribution in [-0.4, -0.2) is 6.71 Å². The number of thiophene rings is 1. The zero-order chi connectivity index (χ0) is 33.1. The average molecular weight is 664 g/mol. The number of benzene rings is 6. The van der Waals surface area contributed by atoms with Gasteiger partial charge in [0.15, 0.2) is 5.75 Å². The van der Waals surface area contributed by atoms with Crippen molar-refractivity contribution in [2.45, 2.75) is 44.9 Å². The van der Waals surface area contributed by atoms with Crippen LogP contribution in [0.2, 0.25) is 0 Å². The number of allylic oxidation sites excluding steroid dienone is 2. The summed E-state index contributed by atoms with van der Waals surface area (Å²) in [6.07, 6.45) is 4.32. The van der Waals surface area contributed by atoms with Gasteiger partial charge in [-0.1, -0.05) is 104 Å². The lowest BCUT2D eigenvalue weighted by molar-refractivity contribution is 0.363. The van der Waals surface area contributed by atoms with Crippen LogP contribution < -0.4 is 30.8 Å². The van der Waals surface area contributed by atoms with Gasteiger partial charge in [0.1, 0.15) is 17.3 Å². The summed E-state index contributed by atoms with van der Waals surface area (Å²) in [6, 6.07) is 44.8. The minimum atomic E-state index is -0.165. The third-order valence-corrected chi connectivity index (χ3v) is 12.8. The maximum Gasteiger partial charge on any atom is 0.251 e. The second kappa shape index (κ2) is 10.4. The summed E-state index contributed by atoms with van der Waals surface area (Å²) in [5.74, 6) is 3.93. The van der Waals surface area contributed by atoms with E-state index in [2.05, 4.69) is 140 Å². The Kier molecular flexibility index (Phi) is 5.93. The quantitative estimate of drug-likeness (QED) is 0.172. The van der Waals surface area contributed by atoms with Gasteiger partial charge >= 0.3 is 0 Å². The summed E-state index contributed by atoms with van der Waals surface area (Å²) in [4.78, 5) is 2.42. The molecule has 0 bridgehead atoms. The lowest BCUT2D eigenvalue weighted by atomic mass is 9.30. The van der Waals surface area contributed by atoms with E-state index >= 15 is 0 Å². The molecule has 0 fully saturated rings. The number of nitrogens with zero attached hydrogens (tertiary/aromatic N) is 1. The summed E-state index contributed by atoms with van der Waals surface area (Å²) >= 11 is 1.90. The first-order valence-corrected chi connectivity index (χ1v) is 18.7. The van der Waals surface area contributed by atoms with E-state index in [-0.39, 0.29) is 12.1 Å². The fourth-order valence-corrected chi connectivity index (χ4v) is 10.5. The molecule has 3 nitrogen and oxygen atoms in total. The lowest BCUT2D eigenvalue weighted by Gasteiger charge is -2.42. The van der Waals surface area contributed by atoms with Crippen LogP contribution in [0.25, 0.3) is 31.3 Å². The molecule has 1 aromatic heterocycles. The van der Waals surface area contributed by atoms with E-state index in [1.165, 1.54) is 70.9 Å². The van der Waals surface area contributed by atoms with Crippen molar-refractivity contribution >= 4 is 66.0 Å². The first-order chi connectivity index (χ1) is 24.5. The minimum Gasteiger partial charge on any atom is -0.458 e. The predicted molar refractivity (Wildman–Crippen MR) is 209 cm³/mol. The van der Waals surface area contributed by atoms with Crippen LogP contribution in [0.4, 0.5) is 11.4 Å². The van der Waals surface area contributed by atoms with Crippen LogP contribution in [0.5, 0.6) is 17.2 Å². The minimum absolute atomic E-state index is 0.0741. The Morgan fingerprint density at radius 1 is 0.660 bits per heavy atom. The number of para-hydroxylation sites is 2. The second-order valence-electron chi connectivity index (χ2n) is 14.7. The van der Waals surface area contributed by atoms with Gasteiger partial charge in [0.25, 0.3) is 6.71 Å². The van der Waals surface area contributed by atoms with E-state index in [4.69, 9.17) is 9.47 Å². The SMILES string of the molecule is CC1(C)c2ccc(-c3cccc4c3sc3ccccc34)cc2B2c3ccc(N4C5=C(CCCC5)Oc5ccccc54)cc3Oc3cccc1c32. The number of hydrogen-bond donors (Lipinski definition) is 0. The maximum atomic E-state index is 6.92. The smallest absolute Gasteiger partial charge is 0.251 e. The van der Waals surface area contributed by atoms with Crippen molar-refractivity contribution in [1.82, 2.24) is 0 Å². The fourth-order valence-electron chi connectivity index (χ4n) is 9.23. The predicted octanol–water partition coefficient (Wildman–Crippen LogP) is 10.3. The molecule has 3 aliphatic heterocycles. The largest absolute Gasteiger partial charge is 0.458 e. The van der Waals surface area contributed by atoms with Gasteiger partial charge in [-0.25, -0.2) is 0 Å². The van der Waals surface area contributed by atoms with Gasteiger partial charge in [0.05, 0.1) is 11.4 Å². The molecule has 0 saturated heterocycles. The highest BCUT2D eigenvalue weighted by molar-refractivity contribution is 7.26. The van der Waals surface area contributed by atoms with Crippen molar-refractivity contribution in [2.24, 2.45) is 0 Å². The Bertz CT molecular complexity index is 2610. The molecule has 5 heteroatoms. The number of fused-ring (bicyclic) bond motifs is 8. The first kappa shape index (κ1) is 28.6. The third-order valence-electron chi connectivity index (χ3n) is 11.6. The molecular weight excluding hydrogens is 629 g/mol. The van der Waals surface area contributed by atoms with Crippen molar-refractivity contribution in [2.75, 3.05) is 4.90 Å². The van der Waals surface area contributed by atoms with E-state index in [9.17, 15) is 0 Å². The summed E-state index contributed by atoms with van der Waals surface area (Å²) in [5, 5.41) is 2.67. The lowest BCUT2D eigenvalue weighted by Crippen LogP contribution is -2.62. The van der Waals surface area contributed by atoms with Crippen molar-refractivity contribution in [1.29, 1.82) is 0 Å². The van der Waals surface area contributed by atoms with Gasteiger partial charge < -0.3 is 14.4 Å². The van der Waals surface area contributed by atoms with Crippen LogP contribution in [0.3, 0.4) is 0 Å². The van der Waals surface area contributed by atoms with Gasteiger partial charge in [-0.3, -0.25) is 0 Å². The molecule has 4 aliphatic rings. The molecule has 0 unspecified atom stereocenters. The third kappa shape index (κ3) is 3.93. The van der Waals surface area contributed by atoms with Crippen LogP contribution >= 0.6 is 11.3 Å². The van der Waals surface area contributed by atoms with Crippen LogP contribution in [0.15, 0.2) is 133 Å². The Morgan fingerprint density at radius 2 is 1.48 bits per heavy atom. The van der Waals surface area contributed by atoms with Gasteiger partial charge in [-0.2, -0.15) is 0 Å². The summed E-state index contributed by atoms with van der Waals surface area (Å²) in [5.41, 5.74) is 12.5. The van der Waals surface area contributed by atoms with E-state index in [1.807, 2.05) is 11.3 Å². The van der Waals surface area contributed by atoms with Crippen LogP contribution in [0, 0.1) is 0 Å². The standard InChI is InChI=1S/C45H34BNO2S/c1-45(2)32-23-21-27(29-12-9-13-31-30-11-3-8-20-42(30)50-44(29)31)25-35(32)46-34-24-22-28(26-41(34)49-40-19-10-14-33(45)43(40)46)47-36-15-4-6-17-38(36)48-39-18-7-5-16-37(39)47/h3-4,6,8-15,17,19-26H,5,7,16,18H2,1-2H3. The molecule has 0 saturated carbocycles. The number of anilines is 2. The molecule has 240 valence electrons. The molecule has 11 rings (SSSR count). The summed E-state index contributed by atoms with van der Waals surface area (Å²) in [7, 11) is 0. The number of ether oxygens (including phenoxy) is 2. The number of hydrogen-bond acceptors (Lipinski definition) is 4. The molecule has 0 radical (unpaired) electrons. The van der Waals surface area contributed by atoms with Gasteiger partial charge in [-0.15, -0.1) is 11.3 Å². The van der Waals surface area contributed by atoms with E-state index in [1.54, 1.807) is 0 Å². The van der Waals surface area contributed by atoms with Gasteiger partial charge in [-0.05, 0) is 82.8 Å². The van der Waals surface area contributed by atoms with Crippen molar-refractivity contribution in [3.63, 3.8) is 0 Å². The molecule has 4 heterocycles. The molecule has 0 atom stereocenters. The summed E-state index contributed by atoms with van der Waals surface area (Å²) < 4.78 is 16.1. The Labute approximate surface area is 296 Å². The molecule has 6 aromatic carbocycles. The normalized spacial score (nSPS) is 16.6. The molecule has 0 N–H and O–H groups in total. The Morgan fingerprint density at radius 3 is 2.44 bits per heavy atom. The van der Waals surface area contributed by atoms with E-state index in [0.29, 0.717) is 0 Å². The maximum absolute atomic E-state index is 6.92. The zero-order valence-corrected chi connectivity index (χ0v) is 28.9. The zero-order valence-electron chi connectivity index (χ0n) is 28.1. The highest BCUT2D eigenvalue weighted by atomic mass is 32.1. The second-order valence-corrected chi connectivity index (χ2v) is 15.7. The van der Waals surface area contributed by atoms with Crippen molar-refractivity contribution in [3.8, 4) is 28.4 Å². The highest BCUT2D eigenvalue weighted by Gasteiger charge is 2.45. The molecular formula is C45H34BNO2S. The molecule has 0 spiro atoms. The van der Waals surface area contributed by atoms with E-state index < -0.39 is 0 Å². The fraction of sp³-hybridized carbons (Fsp3) is 0.156.